The highest BCUT2D eigenvalue weighted by Crippen LogP contribution is 2.25. The number of nitrogens with one attached hydrogen (secondary N) is 1. The Morgan fingerprint density at radius 2 is 1.26 bits per heavy atom. The molecule has 0 saturated carbocycles. The van der Waals surface area contributed by atoms with Crippen LogP contribution in [0.5, 0.6) is 0 Å². The van der Waals surface area contributed by atoms with Gasteiger partial charge in [-0.1, -0.05) is 24.3 Å². The van der Waals surface area contributed by atoms with Crippen molar-refractivity contribution >= 4 is 23.1 Å². The van der Waals surface area contributed by atoms with Gasteiger partial charge in [0, 0.05) is 55.9 Å². The zero-order chi connectivity index (χ0) is 32.6. The smallest absolute Gasteiger partial charge is 0.321 e. The SMILES string of the molecule is CN(C(=O)Nc1ccc(-c2cc(F)cc(F)c2)cc1)C1CCN(c2cccnc2)CC1.Nc1ccc(-c2cc(F)cc(F)c2)cc1. The van der Waals surface area contributed by atoms with Gasteiger partial charge >= 0.3 is 6.03 Å². The first-order valence-corrected chi connectivity index (χ1v) is 14.7. The molecule has 0 bridgehead atoms. The molecule has 236 valence electrons. The van der Waals surface area contributed by atoms with E-state index in [1.807, 2.05) is 25.4 Å². The molecule has 6 rings (SSSR count). The van der Waals surface area contributed by atoms with E-state index >= 15 is 0 Å². The van der Waals surface area contributed by atoms with Gasteiger partial charge in [-0.25, -0.2) is 22.4 Å². The summed E-state index contributed by atoms with van der Waals surface area (Å²) in [6.07, 6.45) is 5.38. The quantitative estimate of drug-likeness (QED) is 0.152. The molecule has 0 unspecified atom stereocenters. The van der Waals surface area contributed by atoms with Crippen LogP contribution in [0.4, 0.5) is 39.4 Å². The molecule has 3 N–H and O–H groups in total. The molecule has 1 aliphatic heterocycles. The number of piperidine rings is 1. The molecule has 2 heterocycles. The van der Waals surface area contributed by atoms with Gasteiger partial charge in [-0.15, -0.1) is 0 Å². The molecule has 0 radical (unpaired) electrons. The number of hydrogen-bond donors (Lipinski definition) is 2. The third kappa shape index (κ3) is 8.41. The van der Waals surface area contributed by atoms with Crippen LogP contribution in [0.25, 0.3) is 22.3 Å². The fraction of sp³-hybridized carbons (Fsp3) is 0.167. The highest BCUT2D eigenvalue weighted by atomic mass is 19.1. The average molecular weight is 628 g/mol. The van der Waals surface area contributed by atoms with E-state index in [0.29, 0.717) is 28.1 Å². The third-order valence-electron chi connectivity index (χ3n) is 7.78. The number of anilines is 3. The number of amides is 2. The predicted octanol–water partition coefficient (Wildman–Crippen LogP) is 8.37. The van der Waals surface area contributed by atoms with E-state index < -0.39 is 23.3 Å². The number of carbonyl (C=O) groups is 1. The predicted molar refractivity (Wildman–Crippen MR) is 174 cm³/mol. The summed E-state index contributed by atoms with van der Waals surface area (Å²) in [6.45, 7) is 1.74. The summed E-state index contributed by atoms with van der Waals surface area (Å²) in [6, 6.07) is 24.5. The summed E-state index contributed by atoms with van der Waals surface area (Å²) in [5.41, 5.74) is 10.2. The molecule has 1 fully saturated rings. The van der Waals surface area contributed by atoms with E-state index in [-0.39, 0.29) is 12.1 Å². The molecule has 1 saturated heterocycles. The van der Waals surface area contributed by atoms with Crippen molar-refractivity contribution in [2.24, 2.45) is 0 Å². The van der Waals surface area contributed by atoms with Crippen LogP contribution in [-0.2, 0) is 0 Å². The van der Waals surface area contributed by atoms with Gasteiger partial charge in [-0.05, 0) is 95.8 Å². The fourth-order valence-electron chi connectivity index (χ4n) is 5.29. The molecule has 2 amide bonds. The van der Waals surface area contributed by atoms with Gasteiger partial charge in [-0.3, -0.25) is 4.98 Å². The van der Waals surface area contributed by atoms with E-state index in [4.69, 9.17) is 5.73 Å². The first-order chi connectivity index (χ1) is 22.1. The van der Waals surface area contributed by atoms with Crippen LogP contribution >= 0.6 is 0 Å². The summed E-state index contributed by atoms with van der Waals surface area (Å²) >= 11 is 0. The van der Waals surface area contributed by atoms with Gasteiger partial charge in [-0.2, -0.15) is 0 Å². The summed E-state index contributed by atoms with van der Waals surface area (Å²) in [5, 5.41) is 2.90. The zero-order valence-electron chi connectivity index (χ0n) is 25.1. The van der Waals surface area contributed by atoms with Crippen LogP contribution in [-0.4, -0.2) is 42.1 Å². The first-order valence-electron chi connectivity index (χ1n) is 14.7. The Kier molecular flexibility index (Phi) is 10.2. The molecule has 0 aliphatic carbocycles. The van der Waals surface area contributed by atoms with Gasteiger partial charge in [0.2, 0.25) is 0 Å². The van der Waals surface area contributed by atoms with E-state index in [1.165, 1.54) is 24.3 Å². The summed E-state index contributed by atoms with van der Waals surface area (Å²) in [4.78, 5) is 20.9. The maximum absolute atomic E-state index is 13.4. The van der Waals surface area contributed by atoms with Crippen molar-refractivity contribution in [1.82, 2.24) is 9.88 Å². The van der Waals surface area contributed by atoms with E-state index in [0.717, 1.165) is 49.3 Å². The molecule has 0 spiro atoms. The number of urea groups is 1. The van der Waals surface area contributed by atoms with Gasteiger partial charge < -0.3 is 20.9 Å². The molecule has 0 atom stereocenters. The maximum Gasteiger partial charge on any atom is 0.321 e. The number of benzene rings is 4. The molecular weight excluding hydrogens is 594 g/mol. The Morgan fingerprint density at radius 3 is 1.74 bits per heavy atom. The number of halogens is 4. The van der Waals surface area contributed by atoms with E-state index in [1.54, 1.807) is 59.6 Å². The van der Waals surface area contributed by atoms with Crippen molar-refractivity contribution in [2.75, 3.05) is 36.1 Å². The van der Waals surface area contributed by atoms with Crippen molar-refractivity contribution in [3.63, 3.8) is 0 Å². The van der Waals surface area contributed by atoms with Gasteiger partial charge in [0.25, 0.3) is 0 Å². The Hall–Kier alpha value is -5.38. The largest absolute Gasteiger partial charge is 0.399 e. The van der Waals surface area contributed by atoms with E-state index in [2.05, 4.69) is 15.2 Å². The minimum atomic E-state index is -0.622. The number of carbonyl (C=O) groups excluding carboxylic acids is 1. The second-order valence-corrected chi connectivity index (χ2v) is 11.0. The summed E-state index contributed by atoms with van der Waals surface area (Å²) in [7, 11) is 1.81. The van der Waals surface area contributed by atoms with Crippen molar-refractivity contribution in [3.05, 3.63) is 133 Å². The number of pyridine rings is 1. The minimum absolute atomic E-state index is 0.155. The third-order valence-corrected chi connectivity index (χ3v) is 7.78. The first kappa shape index (κ1) is 32.0. The molecule has 10 heteroatoms. The topological polar surface area (TPSA) is 74.5 Å². The van der Waals surface area contributed by atoms with Crippen LogP contribution in [0, 0.1) is 23.3 Å². The number of nitrogens with two attached hydrogens (primary N) is 1. The summed E-state index contributed by atoms with van der Waals surface area (Å²) < 4.78 is 52.7. The monoisotopic (exact) mass is 627 g/mol. The van der Waals surface area contributed by atoms with Crippen molar-refractivity contribution in [3.8, 4) is 22.3 Å². The Bertz CT molecular complexity index is 1720. The Morgan fingerprint density at radius 1 is 0.761 bits per heavy atom. The van der Waals surface area contributed by atoms with Crippen LogP contribution in [0.15, 0.2) is 109 Å². The second-order valence-electron chi connectivity index (χ2n) is 11.0. The molecule has 4 aromatic carbocycles. The molecule has 46 heavy (non-hydrogen) atoms. The highest BCUT2D eigenvalue weighted by Gasteiger charge is 2.25. The maximum atomic E-state index is 13.4. The lowest BCUT2D eigenvalue weighted by Gasteiger charge is -2.37. The lowest BCUT2D eigenvalue weighted by Crippen LogP contribution is -2.47. The number of aromatic nitrogens is 1. The molecule has 6 nitrogen and oxygen atoms in total. The van der Waals surface area contributed by atoms with Crippen LogP contribution in [0.2, 0.25) is 0 Å². The van der Waals surface area contributed by atoms with Crippen molar-refractivity contribution < 1.29 is 22.4 Å². The van der Waals surface area contributed by atoms with Crippen LogP contribution in [0.1, 0.15) is 12.8 Å². The molecule has 1 aromatic heterocycles. The number of rotatable bonds is 5. The lowest BCUT2D eigenvalue weighted by atomic mass is 10.0. The van der Waals surface area contributed by atoms with Crippen molar-refractivity contribution in [2.45, 2.75) is 18.9 Å². The highest BCUT2D eigenvalue weighted by molar-refractivity contribution is 5.89. The standard InChI is InChI=1S/C24H24F2N4O.C12H9F2N/c1-29(22-8-11-30(12-9-22)23-3-2-10-27-16-23)24(31)28-21-6-4-17(5-7-21)18-13-19(25)15-20(26)14-18;13-10-5-9(6-11(14)7-10)8-1-3-12(15)4-2-8/h2-7,10,13-16,22H,8-9,11-12H2,1H3,(H,28,31);1-7H,15H2. The molecule has 1 aliphatic rings. The van der Waals surface area contributed by atoms with Crippen LogP contribution in [0.3, 0.4) is 0 Å². The number of nitrogen functional groups attached to an aromatic ring is 1. The summed E-state index contributed by atoms with van der Waals surface area (Å²) in [5.74, 6) is -2.41. The zero-order valence-corrected chi connectivity index (χ0v) is 25.1. The van der Waals surface area contributed by atoms with Crippen LogP contribution < -0.4 is 16.0 Å². The number of hydrogen-bond acceptors (Lipinski definition) is 4. The fourth-order valence-corrected chi connectivity index (χ4v) is 5.29. The van der Waals surface area contributed by atoms with Gasteiger partial charge in [0.1, 0.15) is 23.3 Å². The van der Waals surface area contributed by atoms with Gasteiger partial charge in [0.05, 0.1) is 11.9 Å². The van der Waals surface area contributed by atoms with E-state index in [9.17, 15) is 22.4 Å². The molecule has 5 aromatic rings. The Balaban J connectivity index is 0.000000232. The Labute approximate surface area is 265 Å². The average Bonchev–Trinajstić information content (AvgIpc) is 3.05. The molecular formula is C36H33F4N5O. The lowest BCUT2D eigenvalue weighted by molar-refractivity contribution is 0.193. The number of nitrogens with zero attached hydrogens (tertiary/aromatic N) is 3. The van der Waals surface area contributed by atoms with Gasteiger partial charge in [0.15, 0.2) is 0 Å². The van der Waals surface area contributed by atoms with Crippen molar-refractivity contribution in [1.29, 1.82) is 0 Å². The minimum Gasteiger partial charge on any atom is -0.399 e. The second kappa shape index (κ2) is 14.6. The normalized spacial score (nSPS) is 13.0.